The minimum atomic E-state index is 0.304. The molecule has 1 aromatic heterocycles. The van der Waals surface area contributed by atoms with Gasteiger partial charge in [0.25, 0.3) is 0 Å². The molecule has 2 aliphatic heterocycles. The Morgan fingerprint density at radius 2 is 2.37 bits per heavy atom. The van der Waals surface area contributed by atoms with E-state index >= 15 is 0 Å². The van der Waals surface area contributed by atoms with Crippen molar-refractivity contribution in [2.24, 2.45) is 4.99 Å². The molecule has 1 aromatic rings. The SMILES string of the molecule is CC1CN=C(NCC(c2ccco2)N2CCCC2)N1. The standard InChI is InChI=1S/C14H22N4O/c1-11-9-15-14(17-11)16-10-12(13-5-4-8-19-13)18-6-2-3-7-18/h4-5,8,11-12H,2-3,6-7,9-10H2,1H3,(H2,15,16,17). The molecule has 104 valence electrons. The summed E-state index contributed by atoms with van der Waals surface area (Å²) in [4.78, 5) is 6.93. The van der Waals surface area contributed by atoms with Crippen LogP contribution in [0.25, 0.3) is 0 Å². The molecule has 1 saturated heterocycles. The molecule has 3 heterocycles. The average molecular weight is 262 g/mol. The average Bonchev–Trinajstić information content (AvgIpc) is 3.11. The molecule has 0 amide bonds. The van der Waals surface area contributed by atoms with Crippen molar-refractivity contribution in [1.29, 1.82) is 0 Å². The van der Waals surface area contributed by atoms with E-state index in [0.717, 1.165) is 37.9 Å². The van der Waals surface area contributed by atoms with Crippen molar-refractivity contribution < 1.29 is 4.42 Å². The summed E-state index contributed by atoms with van der Waals surface area (Å²) < 4.78 is 5.60. The Hall–Kier alpha value is -1.49. The summed E-state index contributed by atoms with van der Waals surface area (Å²) in [5, 5.41) is 6.75. The molecule has 5 heteroatoms. The highest BCUT2D eigenvalue weighted by Crippen LogP contribution is 2.24. The van der Waals surface area contributed by atoms with Crippen LogP contribution in [-0.4, -0.2) is 43.1 Å². The maximum atomic E-state index is 5.60. The quantitative estimate of drug-likeness (QED) is 0.860. The van der Waals surface area contributed by atoms with Gasteiger partial charge >= 0.3 is 0 Å². The molecule has 19 heavy (non-hydrogen) atoms. The molecule has 1 fully saturated rings. The van der Waals surface area contributed by atoms with Crippen molar-refractivity contribution in [2.75, 3.05) is 26.2 Å². The third-order valence-electron chi connectivity index (χ3n) is 3.82. The fourth-order valence-electron chi connectivity index (χ4n) is 2.80. The fourth-order valence-corrected chi connectivity index (χ4v) is 2.80. The Labute approximate surface area is 114 Å². The van der Waals surface area contributed by atoms with Gasteiger partial charge in [0.05, 0.1) is 18.8 Å². The van der Waals surface area contributed by atoms with Crippen LogP contribution in [0.5, 0.6) is 0 Å². The molecule has 2 unspecified atom stereocenters. The van der Waals surface area contributed by atoms with E-state index in [2.05, 4.69) is 33.5 Å². The van der Waals surface area contributed by atoms with Gasteiger partial charge in [-0.25, -0.2) is 0 Å². The van der Waals surface area contributed by atoms with Crippen LogP contribution in [0.15, 0.2) is 27.8 Å². The van der Waals surface area contributed by atoms with E-state index in [1.54, 1.807) is 6.26 Å². The zero-order valence-corrected chi connectivity index (χ0v) is 11.4. The van der Waals surface area contributed by atoms with E-state index in [1.165, 1.54) is 12.8 Å². The molecule has 5 nitrogen and oxygen atoms in total. The monoisotopic (exact) mass is 262 g/mol. The summed E-state index contributed by atoms with van der Waals surface area (Å²) >= 11 is 0. The van der Waals surface area contributed by atoms with Crippen LogP contribution in [0.1, 0.15) is 31.6 Å². The van der Waals surface area contributed by atoms with Crippen molar-refractivity contribution in [3.8, 4) is 0 Å². The van der Waals surface area contributed by atoms with Crippen molar-refractivity contribution in [1.82, 2.24) is 15.5 Å². The second kappa shape index (κ2) is 5.65. The molecule has 0 aromatic carbocycles. The Balaban J connectivity index is 1.62. The predicted octanol–water partition coefficient (Wildman–Crippen LogP) is 1.35. The van der Waals surface area contributed by atoms with E-state index in [4.69, 9.17) is 4.42 Å². The molecule has 2 N–H and O–H groups in total. The first-order chi connectivity index (χ1) is 9.33. The first-order valence-corrected chi connectivity index (χ1v) is 7.15. The Bertz CT molecular complexity index is 423. The molecule has 0 bridgehead atoms. The van der Waals surface area contributed by atoms with Gasteiger partial charge in [-0.3, -0.25) is 9.89 Å². The second-order valence-electron chi connectivity index (χ2n) is 5.39. The van der Waals surface area contributed by atoms with Crippen LogP contribution >= 0.6 is 0 Å². The highest BCUT2D eigenvalue weighted by Gasteiger charge is 2.26. The third kappa shape index (κ3) is 2.92. The minimum absolute atomic E-state index is 0.304. The Kier molecular flexibility index (Phi) is 3.73. The number of nitrogens with one attached hydrogen (secondary N) is 2. The van der Waals surface area contributed by atoms with E-state index in [9.17, 15) is 0 Å². The van der Waals surface area contributed by atoms with E-state index < -0.39 is 0 Å². The molecule has 3 rings (SSSR count). The number of hydrogen-bond acceptors (Lipinski definition) is 5. The fraction of sp³-hybridized carbons (Fsp3) is 0.643. The zero-order chi connectivity index (χ0) is 13.1. The molecule has 2 aliphatic rings. The van der Waals surface area contributed by atoms with Crippen LogP contribution in [0.2, 0.25) is 0 Å². The summed E-state index contributed by atoms with van der Waals surface area (Å²) in [7, 11) is 0. The molecule has 0 radical (unpaired) electrons. The maximum absolute atomic E-state index is 5.60. The first-order valence-electron chi connectivity index (χ1n) is 7.15. The smallest absolute Gasteiger partial charge is 0.191 e. The first kappa shape index (κ1) is 12.5. The molecule has 2 atom stereocenters. The molecule has 0 spiro atoms. The van der Waals surface area contributed by atoms with Crippen molar-refractivity contribution in [2.45, 2.75) is 31.8 Å². The van der Waals surface area contributed by atoms with Crippen molar-refractivity contribution in [3.63, 3.8) is 0 Å². The zero-order valence-electron chi connectivity index (χ0n) is 11.4. The summed E-state index contributed by atoms with van der Waals surface area (Å²) in [6.07, 6.45) is 4.33. The van der Waals surface area contributed by atoms with Crippen LogP contribution in [-0.2, 0) is 0 Å². The summed E-state index contributed by atoms with van der Waals surface area (Å²) in [5.41, 5.74) is 0. The number of rotatable bonds is 4. The second-order valence-corrected chi connectivity index (χ2v) is 5.39. The van der Waals surface area contributed by atoms with Crippen molar-refractivity contribution >= 4 is 5.96 Å². The van der Waals surface area contributed by atoms with Gasteiger partial charge in [-0.15, -0.1) is 0 Å². The van der Waals surface area contributed by atoms with E-state index in [1.807, 2.05) is 6.07 Å². The number of hydrogen-bond donors (Lipinski definition) is 2. The third-order valence-corrected chi connectivity index (χ3v) is 3.82. The highest BCUT2D eigenvalue weighted by molar-refractivity contribution is 5.81. The number of likely N-dealkylation sites (tertiary alicyclic amines) is 1. The topological polar surface area (TPSA) is 52.8 Å². The summed E-state index contributed by atoms with van der Waals surface area (Å²) in [6.45, 7) is 6.15. The lowest BCUT2D eigenvalue weighted by Gasteiger charge is -2.26. The van der Waals surface area contributed by atoms with E-state index in [-0.39, 0.29) is 0 Å². The predicted molar refractivity (Wildman–Crippen MR) is 75.2 cm³/mol. The van der Waals surface area contributed by atoms with Gasteiger partial charge in [0.1, 0.15) is 5.76 Å². The van der Waals surface area contributed by atoms with Crippen molar-refractivity contribution in [3.05, 3.63) is 24.2 Å². The molecular weight excluding hydrogens is 240 g/mol. The van der Waals surface area contributed by atoms with Gasteiger partial charge in [0, 0.05) is 12.6 Å². The van der Waals surface area contributed by atoms with Gasteiger partial charge in [-0.05, 0) is 45.0 Å². The molecule has 0 aliphatic carbocycles. The van der Waals surface area contributed by atoms with Crippen LogP contribution in [0, 0.1) is 0 Å². The Morgan fingerprint density at radius 1 is 1.53 bits per heavy atom. The lowest BCUT2D eigenvalue weighted by molar-refractivity contribution is 0.215. The van der Waals surface area contributed by atoms with Gasteiger partial charge in [-0.2, -0.15) is 0 Å². The highest BCUT2D eigenvalue weighted by atomic mass is 16.3. The lowest BCUT2D eigenvalue weighted by atomic mass is 10.2. The maximum Gasteiger partial charge on any atom is 0.191 e. The largest absolute Gasteiger partial charge is 0.468 e. The summed E-state index contributed by atoms with van der Waals surface area (Å²) in [5.74, 6) is 1.96. The lowest BCUT2D eigenvalue weighted by Crippen LogP contribution is -2.42. The van der Waals surface area contributed by atoms with Gasteiger partial charge in [0.15, 0.2) is 5.96 Å². The summed E-state index contributed by atoms with van der Waals surface area (Å²) in [6, 6.07) is 4.78. The van der Waals surface area contributed by atoms with E-state index in [0.29, 0.717) is 12.1 Å². The van der Waals surface area contributed by atoms with Crippen LogP contribution in [0.4, 0.5) is 0 Å². The molecule has 0 saturated carbocycles. The number of guanidine groups is 1. The van der Waals surface area contributed by atoms with Gasteiger partial charge < -0.3 is 15.1 Å². The minimum Gasteiger partial charge on any atom is -0.468 e. The van der Waals surface area contributed by atoms with Gasteiger partial charge in [0.2, 0.25) is 0 Å². The normalized spacial score (nSPS) is 25.1. The number of furan rings is 1. The van der Waals surface area contributed by atoms with Gasteiger partial charge in [-0.1, -0.05) is 0 Å². The number of aliphatic imine (C=N–C) groups is 1. The number of nitrogens with zero attached hydrogens (tertiary/aromatic N) is 2. The molecular formula is C14H22N4O. The van der Waals surface area contributed by atoms with Crippen LogP contribution < -0.4 is 10.6 Å². The van der Waals surface area contributed by atoms with Crippen LogP contribution in [0.3, 0.4) is 0 Å². The Morgan fingerprint density at radius 3 is 3.00 bits per heavy atom.